The molecule has 0 amide bonds. The minimum atomic E-state index is -4.42. The second kappa shape index (κ2) is 6.75. The number of alkyl halides is 3. The molecule has 0 saturated heterocycles. The predicted molar refractivity (Wildman–Crippen MR) is 85.6 cm³/mol. The third-order valence-electron chi connectivity index (χ3n) is 2.47. The zero-order chi connectivity index (χ0) is 15.8. The summed E-state index contributed by atoms with van der Waals surface area (Å²) in [6.45, 7) is 0. The predicted octanol–water partition coefficient (Wildman–Crippen LogP) is 6.64. The molecule has 1 aromatic carbocycles. The summed E-state index contributed by atoms with van der Waals surface area (Å²) in [5.74, 6) is 0. The van der Waals surface area contributed by atoms with Crippen LogP contribution in [0.15, 0.2) is 24.3 Å². The molecule has 0 spiro atoms. The molecule has 11 heteroatoms. The van der Waals surface area contributed by atoms with Crippen molar-refractivity contribution in [3.8, 4) is 0 Å². The first-order valence-corrected chi connectivity index (χ1v) is 15.5. The summed E-state index contributed by atoms with van der Waals surface area (Å²) in [5.41, 5.74) is -1.01. The summed E-state index contributed by atoms with van der Waals surface area (Å²) in [6, 6.07) is -1.96. The summed E-state index contributed by atoms with van der Waals surface area (Å²) in [5, 5.41) is 0. The Kier molecular flexibility index (Phi) is 6.49. The standard InChI is InChI=1S/C9H7Cl6F3Si2/c10-19(11,12)5-8(20(13,14)15)6-1-3-7(4-2-6)9(16,17)18/h1-4,8H,5H2/t8-/m0/s1. The van der Waals surface area contributed by atoms with Crippen molar-refractivity contribution in [2.24, 2.45) is 0 Å². The van der Waals surface area contributed by atoms with E-state index in [1.165, 1.54) is 12.1 Å². The number of halogens is 9. The van der Waals surface area contributed by atoms with Crippen molar-refractivity contribution < 1.29 is 13.2 Å². The first-order chi connectivity index (χ1) is 8.81. The van der Waals surface area contributed by atoms with Gasteiger partial charge in [-0.15, -0.1) is 66.5 Å². The lowest BCUT2D eigenvalue weighted by atomic mass is 10.1. The summed E-state index contributed by atoms with van der Waals surface area (Å²) in [6.07, 6.45) is -4.42. The van der Waals surface area contributed by atoms with E-state index in [-0.39, 0.29) is 6.04 Å². The lowest BCUT2D eigenvalue weighted by Crippen LogP contribution is -2.28. The van der Waals surface area contributed by atoms with Gasteiger partial charge in [0.05, 0.1) is 5.56 Å². The van der Waals surface area contributed by atoms with E-state index < -0.39 is 29.3 Å². The quantitative estimate of drug-likeness (QED) is 0.363. The van der Waals surface area contributed by atoms with Gasteiger partial charge in [0.2, 0.25) is 0 Å². The monoisotopic (exact) mass is 438 g/mol. The smallest absolute Gasteiger partial charge is 0.166 e. The molecule has 0 fully saturated rings. The van der Waals surface area contributed by atoms with Gasteiger partial charge in [-0.3, -0.25) is 0 Å². The Morgan fingerprint density at radius 3 is 1.65 bits per heavy atom. The van der Waals surface area contributed by atoms with Crippen molar-refractivity contribution in [3.63, 3.8) is 0 Å². The average molecular weight is 441 g/mol. The van der Waals surface area contributed by atoms with Crippen LogP contribution >= 0.6 is 66.5 Å². The number of rotatable bonds is 4. The van der Waals surface area contributed by atoms with Crippen LogP contribution in [0.2, 0.25) is 6.04 Å². The second-order valence-corrected chi connectivity index (χ2v) is 22.1. The van der Waals surface area contributed by atoms with Gasteiger partial charge in [-0.1, -0.05) is 12.1 Å². The van der Waals surface area contributed by atoms with E-state index >= 15 is 0 Å². The topological polar surface area (TPSA) is 0 Å². The maximum atomic E-state index is 12.5. The molecule has 0 saturated carbocycles. The van der Waals surface area contributed by atoms with Gasteiger partial charge in [0, 0.05) is 5.54 Å². The SMILES string of the molecule is FC(F)(F)c1ccc([C@H](C[Si](Cl)(Cl)Cl)[Si](Cl)(Cl)Cl)cc1. The Hall–Kier alpha value is 1.18. The summed E-state index contributed by atoms with van der Waals surface area (Å²) in [7, 11) is 0. The zero-order valence-corrected chi connectivity index (χ0v) is 16.0. The number of hydrogen-bond acceptors (Lipinski definition) is 0. The summed E-state index contributed by atoms with van der Waals surface area (Å²) in [4.78, 5) is 0. The first-order valence-electron chi connectivity index (χ1n) is 5.11. The van der Waals surface area contributed by atoms with E-state index in [1.54, 1.807) is 0 Å². The van der Waals surface area contributed by atoms with Gasteiger partial charge < -0.3 is 0 Å². The van der Waals surface area contributed by atoms with E-state index in [4.69, 9.17) is 66.5 Å². The number of hydrogen-bond donors (Lipinski definition) is 0. The highest BCUT2D eigenvalue weighted by atomic mass is 35.8. The van der Waals surface area contributed by atoms with Gasteiger partial charge >= 0.3 is 18.2 Å². The third kappa shape index (κ3) is 6.12. The van der Waals surface area contributed by atoms with Crippen LogP contribution < -0.4 is 0 Å². The molecule has 114 valence electrons. The van der Waals surface area contributed by atoms with Crippen LogP contribution in [0.3, 0.4) is 0 Å². The molecule has 0 heterocycles. The van der Waals surface area contributed by atoms with Crippen LogP contribution in [-0.2, 0) is 6.18 Å². The molecule has 0 radical (unpaired) electrons. The van der Waals surface area contributed by atoms with Crippen molar-refractivity contribution in [1.82, 2.24) is 0 Å². The molecule has 1 rings (SSSR count). The van der Waals surface area contributed by atoms with Crippen molar-refractivity contribution >= 4 is 78.5 Å². The molecule has 1 atom stereocenters. The molecule has 0 aliphatic heterocycles. The van der Waals surface area contributed by atoms with Gasteiger partial charge in [-0.05, 0) is 23.7 Å². The third-order valence-corrected chi connectivity index (χ3v) is 8.84. The molecule has 0 unspecified atom stereocenters. The molecule has 0 N–H and O–H groups in total. The fourth-order valence-electron chi connectivity index (χ4n) is 1.56. The van der Waals surface area contributed by atoms with Crippen LogP contribution in [0, 0.1) is 0 Å². The van der Waals surface area contributed by atoms with Crippen LogP contribution in [0.1, 0.15) is 16.7 Å². The highest BCUT2D eigenvalue weighted by molar-refractivity contribution is 7.67. The molecular weight excluding hydrogens is 434 g/mol. The fourth-order valence-corrected chi connectivity index (χ4v) is 10.4. The van der Waals surface area contributed by atoms with Gasteiger partial charge in [0.25, 0.3) is 0 Å². The van der Waals surface area contributed by atoms with Crippen LogP contribution in [-0.4, -0.2) is 12.0 Å². The Morgan fingerprint density at radius 2 is 1.35 bits per heavy atom. The summed E-state index contributed by atoms with van der Waals surface area (Å²) >= 11 is 35.4. The number of benzene rings is 1. The van der Waals surface area contributed by atoms with Crippen molar-refractivity contribution in [2.45, 2.75) is 17.8 Å². The largest absolute Gasteiger partial charge is 0.416 e. The molecule has 0 nitrogen and oxygen atoms in total. The lowest BCUT2D eigenvalue weighted by Gasteiger charge is -2.25. The van der Waals surface area contributed by atoms with Crippen LogP contribution in [0.5, 0.6) is 0 Å². The summed E-state index contributed by atoms with van der Waals surface area (Å²) < 4.78 is 37.5. The molecule has 1 aromatic rings. The van der Waals surface area contributed by atoms with Gasteiger partial charge in [0.1, 0.15) is 0 Å². The van der Waals surface area contributed by atoms with E-state index in [2.05, 4.69) is 0 Å². The van der Waals surface area contributed by atoms with E-state index in [0.717, 1.165) is 12.1 Å². The minimum Gasteiger partial charge on any atom is -0.166 e. The fraction of sp³-hybridized carbons (Fsp3) is 0.333. The van der Waals surface area contributed by atoms with Gasteiger partial charge in [0.15, 0.2) is 0 Å². The minimum absolute atomic E-state index is 0.0474. The van der Waals surface area contributed by atoms with E-state index in [1.807, 2.05) is 0 Å². The van der Waals surface area contributed by atoms with Crippen molar-refractivity contribution in [2.75, 3.05) is 0 Å². The molecule has 0 aromatic heterocycles. The Balaban J connectivity index is 3.10. The van der Waals surface area contributed by atoms with Crippen molar-refractivity contribution in [1.29, 1.82) is 0 Å². The van der Waals surface area contributed by atoms with E-state index in [9.17, 15) is 13.2 Å². The van der Waals surface area contributed by atoms with Crippen LogP contribution in [0.4, 0.5) is 13.2 Å². The first kappa shape index (κ1) is 19.2. The Morgan fingerprint density at radius 1 is 0.900 bits per heavy atom. The highest BCUT2D eigenvalue weighted by Gasteiger charge is 2.44. The maximum Gasteiger partial charge on any atom is 0.416 e. The van der Waals surface area contributed by atoms with Gasteiger partial charge in [-0.2, -0.15) is 13.2 Å². The Bertz CT molecular complexity index is 451. The molecule has 20 heavy (non-hydrogen) atoms. The van der Waals surface area contributed by atoms with Crippen LogP contribution in [0.25, 0.3) is 0 Å². The lowest BCUT2D eigenvalue weighted by molar-refractivity contribution is -0.137. The normalized spacial score (nSPS) is 15.2. The molecule has 0 aliphatic carbocycles. The van der Waals surface area contributed by atoms with E-state index in [0.29, 0.717) is 5.56 Å². The highest BCUT2D eigenvalue weighted by Crippen LogP contribution is 2.45. The van der Waals surface area contributed by atoms with Gasteiger partial charge in [-0.25, -0.2) is 0 Å². The zero-order valence-electron chi connectivity index (χ0n) is 9.50. The van der Waals surface area contributed by atoms with Crippen molar-refractivity contribution in [3.05, 3.63) is 35.4 Å². The molecular formula is C9H7Cl6F3Si2. The second-order valence-electron chi connectivity index (χ2n) is 4.03. The molecule has 0 aliphatic rings. The Labute approximate surface area is 144 Å². The maximum absolute atomic E-state index is 12.5. The average Bonchev–Trinajstić information content (AvgIpc) is 2.22. The molecule has 0 bridgehead atoms.